The summed E-state index contributed by atoms with van der Waals surface area (Å²) in [6.07, 6.45) is -8.60. The Morgan fingerprint density at radius 2 is 1.30 bits per heavy atom. The van der Waals surface area contributed by atoms with Crippen molar-refractivity contribution < 1.29 is 48.2 Å². The molecule has 10 heteroatoms. The maximum Gasteiger partial charge on any atom is 0.126 e. The number of hydrogen-bond donors (Lipinski definition) is 6. The maximum absolute atomic E-state index is 14.3. The highest BCUT2D eigenvalue weighted by atomic mass is 19.1. The van der Waals surface area contributed by atoms with Gasteiger partial charge in [0.05, 0.1) is 12.2 Å². The van der Waals surface area contributed by atoms with Gasteiger partial charge in [-0.3, -0.25) is 0 Å². The molecule has 0 aliphatic rings. The van der Waals surface area contributed by atoms with E-state index in [1.54, 1.807) is 6.92 Å². The normalized spacial score (nSPS) is 18.3. The highest BCUT2D eigenvalue weighted by Gasteiger charge is 2.54. The first kappa shape index (κ1) is 27.2. The van der Waals surface area contributed by atoms with E-state index in [1.165, 1.54) is 0 Å². The van der Waals surface area contributed by atoms with Crippen LogP contribution in [0.5, 0.6) is 0 Å². The van der Waals surface area contributed by atoms with E-state index < -0.39 is 77.8 Å². The van der Waals surface area contributed by atoms with Gasteiger partial charge in [0.2, 0.25) is 0 Å². The van der Waals surface area contributed by atoms with Crippen LogP contribution in [-0.4, -0.2) is 66.8 Å². The molecule has 0 bridgehead atoms. The summed E-state index contributed by atoms with van der Waals surface area (Å²) in [7, 11) is 0. The molecule has 6 nitrogen and oxygen atoms in total. The summed E-state index contributed by atoms with van der Waals surface area (Å²) in [4.78, 5) is 0. The van der Waals surface area contributed by atoms with Crippen molar-refractivity contribution in [2.75, 3.05) is 6.61 Å². The summed E-state index contributed by atoms with van der Waals surface area (Å²) in [5, 5.41) is 63.4. The van der Waals surface area contributed by atoms with Gasteiger partial charge in [-0.1, -0.05) is 13.3 Å². The first-order valence-corrected chi connectivity index (χ1v) is 10.4. The summed E-state index contributed by atoms with van der Waals surface area (Å²) in [5.41, 5.74) is -6.19. The number of benzene rings is 2. The lowest BCUT2D eigenvalue weighted by molar-refractivity contribution is -0.230. The van der Waals surface area contributed by atoms with Crippen molar-refractivity contribution in [3.05, 3.63) is 70.8 Å². The second-order valence-corrected chi connectivity index (χ2v) is 8.27. The molecule has 0 heterocycles. The van der Waals surface area contributed by atoms with Gasteiger partial charge < -0.3 is 30.6 Å². The molecule has 6 N–H and O–H groups in total. The van der Waals surface area contributed by atoms with Gasteiger partial charge in [0.15, 0.2) is 0 Å². The molecule has 5 atom stereocenters. The zero-order chi connectivity index (χ0) is 25.0. The maximum atomic E-state index is 14.3. The molecular formula is C23H28F4O6. The molecule has 0 aromatic heterocycles. The first-order chi connectivity index (χ1) is 15.4. The number of aliphatic hydroxyl groups is 6. The van der Waals surface area contributed by atoms with Crippen LogP contribution in [0.25, 0.3) is 0 Å². The summed E-state index contributed by atoms with van der Waals surface area (Å²) >= 11 is 0. The van der Waals surface area contributed by atoms with Crippen LogP contribution in [0, 0.1) is 23.3 Å². The van der Waals surface area contributed by atoms with Crippen LogP contribution in [0.15, 0.2) is 36.4 Å². The van der Waals surface area contributed by atoms with Crippen LogP contribution in [0.4, 0.5) is 17.6 Å². The number of halogens is 4. The van der Waals surface area contributed by atoms with Gasteiger partial charge in [-0.25, -0.2) is 17.6 Å². The molecule has 2 rings (SSSR count). The van der Waals surface area contributed by atoms with Gasteiger partial charge in [0.25, 0.3) is 0 Å². The molecule has 0 fully saturated rings. The molecule has 0 amide bonds. The van der Waals surface area contributed by atoms with Gasteiger partial charge in [0, 0.05) is 12.8 Å². The largest absolute Gasteiger partial charge is 0.394 e. The van der Waals surface area contributed by atoms with Crippen LogP contribution >= 0.6 is 0 Å². The minimum Gasteiger partial charge on any atom is -0.394 e. The molecule has 184 valence electrons. The van der Waals surface area contributed by atoms with Crippen molar-refractivity contribution in [1.82, 2.24) is 0 Å². The quantitative estimate of drug-likeness (QED) is 0.273. The van der Waals surface area contributed by atoms with Crippen LogP contribution < -0.4 is 0 Å². The average Bonchev–Trinajstić information content (AvgIpc) is 2.77. The lowest BCUT2D eigenvalue weighted by Crippen LogP contribution is -2.66. The fourth-order valence-electron chi connectivity index (χ4n) is 4.01. The highest BCUT2D eigenvalue weighted by Crippen LogP contribution is 2.36. The second-order valence-electron chi connectivity index (χ2n) is 8.27. The Morgan fingerprint density at radius 3 is 1.76 bits per heavy atom. The Hall–Kier alpha value is -2.08. The van der Waals surface area contributed by atoms with E-state index in [1.807, 2.05) is 0 Å². The van der Waals surface area contributed by atoms with Crippen molar-refractivity contribution >= 4 is 0 Å². The van der Waals surface area contributed by atoms with Gasteiger partial charge in [0.1, 0.15) is 47.2 Å². The number of rotatable bonds is 11. The SMILES string of the molecule is CCCC(O)(Cc1cc(F)ccc1F)[C@@H](O)[C@@](O)(Cc1cc(F)ccc1F)[C@H](O)[C@@H](O)CO. The second kappa shape index (κ2) is 10.9. The fraction of sp³-hybridized carbons (Fsp3) is 0.478. The molecule has 33 heavy (non-hydrogen) atoms. The molecule has 0 saturated carbocycles. The summed E-state index contributed by atoms with van der Waals surface area (Å²) in [5.74, 6) is -3.64. The first-order valence-electron chi connectivity index (χ1n) is 10.4. The van der Waals surface area contributed by atoms with Gasteiger partial charge >= 0.3 is 0 Å². The van der Waals surface area contributed by atoms with E-state index in [4.69, 9.17) is 0 Å². The van der Waals surface area contributed by atoms with Gasteiger partial charge in [-0.15, -0.1) is 0 Å². The topological polar surface area (TPSA) is 121 Å². The van der Waals surface area contributed by atoms with Gasteiger partial charge in [-0.05, 0) is 53.9 Å². The Kier molecular flexibility index (Phi) is 8.97. The molecule has 0 aliphatic heterocycles. The third-order valence-electron chi connectivity index (χ3n) is 5.71. The van der Waals surface area contributed by atoms with Crippen molar-refractivity contribution in [2.24, 2.45) is 0 Å². The standard InChI is InChI=1S/C23H28F4O6/c1-2-7-22(32,10-13-8-15(24)3-5-17(13)26)21(31)23(33,20(30)19(29)12-28)11-14-9-16(25)4-6-18(14)27/h3-6,8-9,19-21,28-33H,2,7,10-12H2,1H3/t19-,20+,21+,22?,23+/m0/s1. The number of aliphatic hydroxyl groups excluding tert-OH is 4. The van der Waals surface area contributed by atoms with E-state index in [-0.39, 0.29) is 18.4 Å². The Balaban J connectivity index is 2.58. The van der Waals surface area contributed by atoms with Gasteiger partial charge in [-0.2, -0.15) is 0 Å². The smallest absolute Gasteiger partial charge is 0.126 e. The minimum absolute atomic E-state index is 0.174. The zero-order valence-corrected chi connectivity index (χ0v) is 17.9. The van der Waals surface area contributed by atoms with Crippen LogP contribution in [-0.2, 0) is 12.8 Å². The Labute approximate surface area is 188 Å². The molecule has 2 aromatic rings. The average molecular weight is 476 g/mol. The fourth-order valence-corrected chi connectivity index (χ4v) is 4.01. The van der Waals surface area contributed by atoms with Crippen molar-refractivity contribution in [3.8, 4) is 0 Å². The van der Waals surface area contributed by atoms with E-state index in [9.17, 15) is 48.2 Å². The third-order valence-corrected chi connectivity index (χ3v) is 5.71. The van der Waals surface area contributed by atoms with Crippen LogP contribution in [0.2, 0.25) is 0 Å². The summed E-state index contributed by atoms with van der Waals surface area (Å²) in [6.45, 7) is 0.510. The van der Waals surface area contributed by atoms with Crippen molar-refractivity contribution in [2.45, 2.75) is 62.1 Å². The van der Waals surface area contributed by atoms with Crippen molar-refractivity contribution in [1.29, 1.82) is 0 Å². The summed E-state index contributed by atoms with van der Waals surface area (Å²) in [6, 6.07) is 4.67. The lowest BCUT2D eigenvalue weighted by Gasteiger charge is -2.46. The molecular weight excluding hydrogens is 448 g/mol. The highest BCUT2D eigenvalue weighted by molar-refractivity contribution is 5.25. The predicted molar refractivity (Wildman–Crippen MR) is 110 cm³/mol. The number of hydrogen-bond acceptors (Lipinski definition) is 6. The lowest BCUT2D eigenvalue weighted by atomic mass is 9.71. The Morgan fingerprint density at radius 1 is 0.818 bits per heavy atom. The molecule has 1 unspecified atom stereocenters. The molecule has 0 spiro atoms. The van der Waals surface area contributed by atoms with Crippen LogP contribution in [0.3, 0.4) is 0 Å². The predicted octanol–water partition coefficient (Wildman–Crippen LogP) is 1.37. The van der Waals surface area contributed by atoms with E-state index >= 15 is 0 Å². The monoisotopic (exact) mass is 476 g/mol. The van der Waals surface area contributed by atoms with Crippen LogP contribution in [0.1, 0.15) is 30.9 Å². The molecule has 0 saturated heterocycles. The van der Waals surface area contributed by atoms with Crippen molar-refractivity contribution in [3.63, 3.8) is 0 Å². The third kappa shape index (κ3) is 6.08. The summed E-state index contributed by atoms with van der Waals surface area (Å²) < 4.78 is 55.9. The Bertz CT molecular complexity index is 945. The molecule has 2 aromatic carbocycles. The van der Waals surface area contributed by atoms with E-state index in [2.05, 4.69) is 0 Å². The molecule has 0 radical (unpaired) electrons. The van der Waals surface area contributed by atoms with E-state index in [0.29, 0.717) is 6.07 Å². The minimum atomic E-state index is -2.94. The molecule has 0 aliphatic carbocycles. The van der Waals surface area contributed by atoms with E-state index in [0.717, 1.165) is 30.3 Å². The zero-order valence-electron chi connectivity index (χ0n) is 17.9.